The molecule has 0 aromatic heterocycles. The molecule has 0 bridgehead atoms. The van der Waals surface area contributed by atoms with Gasteiger partial charge in [0.25, 0.3) is 0 Å². The van der Waals surface area contributed by atoms with Crippen LogP contribution >= 0.6 is 11.6 Å². The first kappa shape index (κ1) is 16.8. The third kappa shape index (κ3) is 3.40. The van der Waals surface area contributed by atoms with Crippen molar-refractivity contribution in [2.75, 3.05) is 0 Å². The molecule has 1 atom stereocenters. The molecule has 24 heavy (non-hydrogen) atoms. The number of hydrazine groups is 1. The van der Waals surface area contributed by atoms with Gasteiger partial charge in [-0.25, -0.2) is 10.2 Å². The number of rotatable bonds is 3. The highest BCUT2D eigenvalue weighted by atomic mass is 35.5. The summed E-state index contributed by atoms with van der Waals surface area (Å²) < 4.78 is 0. The molecule has 3 rings (SSSR count). The van der Waals surface area contributed by atoms with Crippen LogP contribution in [-0.4, -0.2) is 6.03 Å². The summed E-state index contributed by atoms with van der Waals surface area (Å²) in [6.45, 7) is 6.58. The number of hydrogen-bond acceptors (Lipinski definition) is 2. The zero-order valence-electron chi connectivity index (χ0n) is 14.1. The number of halogens is 1. The Morgan fingerprint density at radius 1 is 1.00 bits per heavy atom. The molecule has 126 valence electrons. The Morgan fingerprint density at radius 3 is 2.12 bits per heavy atom. The van der Waals surface area contributed by atoms with Crippen molar-refractivity contribution >= 4 is 17.6 Å². The number of carbonyl (C=O) groups is 1. The third-order valence-corrected chi connectivity index (χ3v) is 4.59. The molecule has 2 aromatic rings. The van der Waals surface area contributed by atoms with Gasteiger partial charge in [0.2, 0.25) is 0 Å². The van der Waals surface area contributed by atoms with E-state index in [0.717, 1.165) is 11.1 Å². The summed E-state index contributed by atoms with van der Waals surface area (Å²) in [6.07, 6.45) is 0.623. The van der Waals surface area contributed by atoms with Crippen LogP contribution in [-0.2, 0) is 17.5 Å². The minimum atomic E-state index is -0.690. The van der Waals surface area contributed by atoms with Gasteiger partial charge >= 0.3 is 6.03 Å². The van der Waals surface area contributed by atoms with E-state index in [1.165, 1.54) is 5.56 Å². The zero-order valence-corrected chi connectivity index (χ0v) is 14.9. The Hall–Kier alpha value is -2.04. The van der Waals surface area contributed by atoms with Crippen molar-refractivity contribution < 1.29 is 4.79 Å². The van der Waals surface area contributed by atoms with Crippen LogP contribution in [0.4, 0.5) is 4.79 Å². The molecule has 1 heterocycles. The Morgan fingerprint density at radius 2 is 1.62 bits per heavy atom. The van der Waals surface area contributed by atoms with Crippen LogP contribution in [0.2, 0.25) is 5.02 Å². The maximum Gasteiger partial charge on any atom is 0.330 e. The van der Waals surface area contributed by atoms with Crippen LogP contribution in [0.1, 0.15) is 37.5 Å². The highest BCUT2D eigenvalue weighted by Gasteiger charge is 2.39. The van der Waals surface area contributed by atoms with Crippen LogP contribution in [0.5, 0.6) is 0 Å². The lowest BCUT2D eigenvalue weighted by molar-refractivity contribution is 0.244. The van der Waals surface area contributed by atoms with Gasteiger partial charge < -0.3 is 5.32 Å². The molecule has 0 spiro atoms. The van der Waals surface area contributed by atoms with Crippen molar-refractivity contribution in [3.8, 4) is 0 Å². The Balaban J connectivity index is 1.91. The number of nitrogens with one attached hydrogen (secondary N) is 3. The monoisotopic (exact) mass is 343 g/mol. The normalized spacial score (nSPS) is 20.6. The molecule has 0 radical (unpaired) electrons. The molecular formula is C19H22ClN3O. The summed E-state index contributed by atoms with van der Waals surface area (Å²) in [5.41, 5.74) is 8.54. The first-order valence-electron chi connectivity index (χ1n) is 7.99. The lowest BCUT2D eigenvalue weighted by Gasteiger charge is -2.29. The summed E-state index contributed by atoms with van der Waals surface area (Å²) in [7, 11) is 0. The van der Waals surface area contributed by atoms with E-state index in [9.17, 15) is 4.79 Å². The quantitative estimate of drug-likeness (QED) is 0.792. The second-order valence-corrected chi connectivity index (χ2v) is 7.68. The van der Waals surface area contributed by atoms with Crippen LogP contribution in [0.15, 0.2) is 48.5 Å². The maximum atomic E-state index is 11.8. The van der Waals surface area contributed by atoms with Crippen LogP contribution in [0.3, 0.4) is 0 Å². The van der Waals surface area contributed by atoms with Crippen molar-refractivity contribution in [3.63, 3.8) is 0 Å². The Kier molecular flexibility index (Phi) is 4.28. The van der Waals surface area contributed by atoms with E-state index in [1.54, 1.807) is 0 Å². The first-order valence-corrected chi connectivity index (χ1v) is 8.37. The number of urea groups is 1. The number of amides is 2. The lowest BCUT2D eigenvalue weighted by Crippen LogP contribution is -2.49. The van der Waals surface area contributed by atoms with Crippen LogP contribution < -0.4 is 16.2 Å². The highest BCUT2D eigenvalue weighted by Crippen LogP contribution is 2.28. The van der Waals surface area contributed by atoms with E-state index < -0.39 is 5.66 Å². The van der Waals surface area contributed by atoms with Gasteiger partial charge in [0.05, 0.1) is 0 Å². The van der Waals surface area contributed by atoms with E-state index in [-0.39, 0.29) is 11.4 Å². The number of hydrogen-bond donors (Lipinski definition) is 3. The fraction of sp³-hybridized carbons (Fsp3) is 0.316. The number of benzene rings is 2. The molecule has 0 saturated carbocycles. The van der Waals surface area contributed by atoms with Crippen LogP contribution in [0.25, 0.3) is 0 Å². The molecule has 5 heteroatoms. The topological polar surface area (TPSA) is 53.2 Å². The molecule has 4 nitrogen and oxygen atoms in total. The maximum absolute atomic E-state index is 11.8. The molecule has 1 unspecified atom stereocenters. The van der Waals surface area contributed by atoms with E-state index in [0.29, 0.717) is 11.4 Å². The fourth-order valence-corrected chi connectivity index (χ4v) is 3.04. The predicted octanol–water partition coefficient (Wildman–Crippen LogP) is 3.85. The van der Waals surface area contributed by atoms with Crippen LogP contribution in [0, 0.1) is 0 Å². The average Bonchev–Trinajstić information content (AvgIpc) is 2.89. The SMILES string of the molecule is CC(C)(C)c1ccc(CC2(c3ccc(Cl)cc3)NNC(=O)N2)cc1. The van der Waals surface area contributed by atoms with E-state index in [4.69, 9.17) is 11.6 Å². The zero-order chi connectivity index (χ0) is 17.4. The van der Waals surface area contributed by atoms with Gasteiger partial charge in [0.1, 0.15) is 5.66 Å². The van der Waals surface area contributed by atoms with Gasteiger partial charge in [-0.15, -0.1) is 0 Å². The second kappa shape index (κ2) is 6.11. The van der Waals surface area contributed by atoms with Crippen molar-refractivity contribution in [1.82, 2.24) is 16.2 Å². The Labute approximate surface area is 147 Å². The smallest absolute Gasteiger partial charge is 0.313 e. The van der Waals surface area contributed by atoms with Gasteiger partial charge in [-0.3, -0.25) is 5.43 Å². The molecule has 1 fully saturated rings. The largest absolute Gasteiger partial charge is 0.330 e. The lowest BCUT2D eigenvalue weighted by atomic mass is 9.85. The van der Waals surface area contributed by atoms with Crippen molar-refractivity contribution in [1.29, 1.82) is 0 Å². The standard InChI is InChI=1S/C19H22ClN3O/c1-18(2,3)14-6-4-13(5-7-14)12-19(21-17(24)22-23-19)15-8-10-16(20)11-9-15/h4-11,23H,12H2,1-3H3,(H2,21,22,24). The van der Waals surface area contributed by atoms with E-state index in [1.807, 2.05) is 24.3 Å². The molecule has 1 aliphatic heterocycles. The first-order chi connectivity index (χ1) is 11.3. The van der Waals surface area contributed by atoms with Crippen molar-refractivity contribution in [2.45, 2.75) is 38.3 Å². The number of carbonyl (C=O) groups excluding carboxylic acids is 1. The summed E-state index contributed by atoms with van der Waals surface area (Å²) in [4.78, 5) is 11.8. The Bertz CT molecular complexity index is 735. The summed E-state index contributed by atoms with van der Waals surface area (Å²) in [5, 5.41) is 3.66. The molecule has 0 aliphatic carbocycles. The molecule has 1 saturated heterocycles. The minimum absolute atomic E-state index is 0.119. The molecule has 1 aliphatic rings. The predicted molar refractivity (Wildman–Crippen MR) is 96.8 cm³/mol. The van der Waals surface area contributed by atoms with Crippen molar-refractivity contribution in [2.24, 2.45) is 0 Å². The molecule has 3 N–H and O–H groups in total. The van der Waals surface area contributed by atoms with E-state index >= 15 is 0 Å². The van der Waals surface area contributed by atoms with Gasteiger partial charge in [0, 0.05) is 11.4 Å². The third-order valence-electron chi connectivity index (χ3n) is 4.34. The summed E-state index contributed by atoms with van der Waals surface area (Å²) in [5.74, 6) is 0. The molecule has 2 amide bonds. The highest BCUT2D eigenvalue weighted by molar-refractivity contribution is 6.30. The average molecular weight is 344 g/mol. The van der Waals surface area contributed by atoms with Gasteiger partial charge in [-0.1, -0.05) is 68.8 Å². The van der Waals surface area contributed by atoms with Gasteiger partial charge in [0.15, 0.2) is 0 Å². The fourth-order valence-electron chi connectivity index (χ4n) is 2.92. The van der Waals surface area contributed by atoms with Gasteiger partial charge in [-0.05, 0) is 34.2 Å². The summed E-state index contributed by atoms with van der Waals surface area (Å²) in [6, 6.07) is 15.8. The van der Waals surface area contributed by atoms with E-state index in [2.05, 4.69) is 61.2 Å². The minimum Gasteiger partial charge on any atom is -0.313 e. The second-order valence-electron chi connectivity index (χ2n) is 7.24. The molecular weight excluding hydrogens is 322 g/mol. The van der Waals surface area contributed by atoms with Gasteiger partial charge in [-0.2, -0.15) is 0 Å². The molecule has 2 aromatic carbocycles. The summed E-state index contributed by atoms with van der Waals surface area (Å²) >= 11 is 5.99. The van der Waals surface area contributed by atoms with Crippen molar-refractivity contribution in [3.05, 3.63) is 70.2 Å².